The molecular formula is C19H20N2O. The maximum Gasteiger partial charge on any atom is 0.221 e. The van der Waals surface area contributed by atoms with Crippen LogP contribution in [0.25, 0.3) is 10.8 Å². The third-order valence-electron chi connectivity index (χ3n) is 3.40. The highest BCUT2D eigenvalue weighted by Crippen LogP contribution is 2.26. The Labute approximate surface area is 131 Å². The highest BCUT2D eigenvalue weighted by molar-refractivity contribution is 5.89. The van der Waals surface area contributed by atoms with Crippen LogP contribution in [0.2, 0.25) is 0 Å². The number of nitrogens with one attached hydrogen (secondary N) is 1. The third kappa shape index (κ3) is 3.37. The van der Waals surface area contributed by atoms with Gasteiger partial charge in [-0.25, -0.2) is 4.98 Å². The van der Waals surface area contributed by atoms with Crippen LogP contribution in [0, 0.1) is 0 Å². The zero-order chi connectivity index (χ0) is 15.4. The Hall–Kier alpha value is -2.55. The quantitative estimate of drug-likeness (QED) is 0.744. The molecule has 0 aliphatic rings. The van der Waals surface area contributed by atoms with E-state index >= 15 is 0 Å². The first kappa shape index (κ1) is 14.4. The van der Waals surface area contributed by atoms with Gasteiger partial charge in [-0.15, -0.1) is 0 Å². The van der Waals surface area contributed by atoms with E-state index in [2.05, 4.69) is 54.5 Å². The maximum atomic E-state index is 5.89. The predicted molar refractivity (Wildman–Crippen MR) is 91.3 cm³/mol. The summed E-state index contributed by atoms with van der Waals surface area (Å²) in [6.07, 6.45) is 1.79. The standard InChI is InChI=1S/C19H20N2O/c1-14(2)21-17-8-9-18-16(12-17)10-11-20-19(18)22-13-15-6-4-3-5-7-15/h3-12,14,21H,13H2,1-2H3. The lowest BCUT2D eigenvalue weighted by Gasteiger charge is -2.12. The maximum absolute atomic E-state index is 5.89. The SMILES string of the molecule is CC(C)Nc1ccc2c(OCc3ccccc3)nccc2c1. The Morgan fingerprint density at radius 2 is 1.86 bits per heavy atom. The average molecular weight is 292 g/mol. The number of rotatable bonds is 5. The van der Waals surface area contributed by atoms with Crippen LogP contribution in [0.4, 0.5) is 5.69 Å². The van der Waals surface area contributed by atoms with E-state index in [0.717, 1.165) is 22.0 Å². The molecule has 0 saturated carbocycles. The summed E-state index contributed by atoms with van der Waals surface area (Å²) in [7, 11) is 0. The minimum Gasteiger partial charge on any atom is -0.472 e. The van der Waals surface area contributed by atoms with Crippen molar-refractivity contribution in [1.82, 2.24) is 4.98 Å². The van der Waals surface area contributed by atoms with Gasteiger partial charge in [0.15, 0.2) is 0 Å². The monoisotopic (exact) mass is 292 g/mol. The molecule has 1 N–H and O–H groups in total. The molecule has 3 nitrogen and oxygen atoms in total. The molecule has 0 spiro atoms. The summed E-state index contributed by atoms with van der Waals surface area (Å²) in [4.78, 5) is 4.37. The lowest BCUT2D eigenvalue weighted by Crippen LogP contribution is -2.09. The van der Waals surface area contributed by atoms with E-state index in [1.807, 2.05) is 24.3 Å². The van der Waals surface area contributed by atoms with E-state index in [0.29, 0.717) is 18.5 Å². The van der Waals surface area contributed by atoms with Crippen LogP contribution in [0.1, 0.15) is 19.4 Å². The van der Waals surface area contributed by atoms with Crippen molar-refractivity contribution in [3.8, 4) is 5.88 Å². The van der Waals surface area contributed by atoms with Crippen LogP contribution in [0.3, 0.4) is 0 Å². The van der Waals surface area contributed by atoms with E-state index in [1.54, 1.807) is 6.20 Å². The smallest absolute Gasteiger partial charge is 0.221 e. The molecule has 0 amide bonds. The van der Waals surface area contributed by atoms with Gasteiger partial charge in [0.2, 0.25) is 5.88 Å². The molecule has 2 aromatic carbocycles. The highest BCUT2D eigenvalue weighted by Gasteiger charge is 2.05. The van der Waals surface area contributed by atoms with Gasteiger partial charge in [-0.3, -0.25) is 0 Å². The Kier molecular flexibility index (Phi) is 4.24. The van der Waals surface area contributed by atoms with E-state index in [4.69, 9.17) is 4.74 Å². The van der Waals surface area contributed by atoms with Crippen LogP contribution in [0.15, 0.2) is 60.8 Å². The second kappa shape index (κ2) is 6.48. The Morgan fingerprint density at radius 1 is 1.05 bits per heavy atom. The van der Waals surface area contributed by atoms with Crippen molar-refractivity contribution in [1.29, 1.82) is 0 Å². The number of nitrogens with zero attached hydrogens (tertiary/aromatic N) is 1. The first-order valence-electron chi connectivity index (χ1n) is 7.54. The van der Waals surface area contributed by atoms with Gasteiger partial charge in [0.25, 0.3) is 0 Å². The minimum atomic E-state index is 0.410. The third-order valence-corrected chi connectivity index (χ3v) is 3.40. The molecule has 0 aliphatic carbocycles. The van der Waals surface area contributed by atoms with Gasteiger partial charge in [-0.1, -0.05) is 30.3 Å². The lowest BCUT2D eigenvalue weighted by atomic mass is 10.1. The molecule has 22 heavy (non-hydrogen) atoms. The summed E-state index contributed by atoms with van der Waals surface area (Å²) in [5.74, 6) is 0.678. The Bertz CT molecular complexity index is 754. The first-order valence-corrected chi connectivity index (χ1v) is 7.54. The van der Waals surface area contributed by atoms with Crippen LogP contribution >= 0.6 is 0 Å². The molecule has 0 saturated heterocycles. The van der Waals surface area contributed by atoms with E-state index in [-0.39, 0.29) is 0 Å². The van der Waals surface area contributed by atoms with Gasteiger partial charge in [0.1, 0.15) is 6.61 Å². The number of fused-ring (bicyclic) bond motifs is 1. The zero-order valence-corrected chi connectivity index (χ0v) is 12.9. The van der Waals surface area contributed by atoms with E-state index in [9.17, 15) is 0 Å². The molecule has 0 bridgehead atoms. The molecule has 112 valence electrons. The Morgan fingerprint density at radius 3 is 2.64 bits per heavy atom. The number of pyridine rings is 1. The van der Waals surface area contributed by atoms with E-state index < -0.39 is 0 Å². The largest absolute Gasteiger partial charge is 0.472 e. The van der Waals surface area contributed by atoms with Crippen molar-refractivity contribution in [2.75, 3.05) is 5.32 Å². The van der Waals surface area contributed by atoms with Crippen molar-refractivity contribution < 1.29 is 4.74 Å². The summed E-state index contributed by atoms with van der Waals surface area (Å²) in [6.45, 7) is 4.79. The van der Waals surface area contributed by atoms with Crippen LogP contribution in [-0.2, 0) is 6.61 Å². The second-order valence-corrected chi connectivity index (χ2v) is 5.63. The first-order chi connectivity index (χ1) is 10.7. The van der Waals surface area contributed by atoms with Crippen molar-refractivity contribution in [3.05, 3.63) is 66.4 Å². The summed E-state index contributed by atoms with van der Waals surface area (Å²) < 4.78 is 5.89. The van der Waals surface area contributed by atoms with Crippen LogP contribution in [0.5, 0.6) is 5.88 Å². The summed E-state index contributed by atoms with van der Waals surface area (Å²) >= 11 is 0. The number of hydrogen-bond donors (Lipinski definition) is 1. The molecule has 3 heteroatoms. The molecule has 0 unspecified atom stereocenters. The minimum absolute atomic E-state index is 0.410. The molecule has 1 heterocycles. The van der Waals surface area contributed by atoms with Gasteiger partial charge in [-0.2, -0.15) is 0 Å². The molecule has 0 aliphatic heterocycles. The van der Waals surface area contributed by atoms with Gasteiger partial charge in [0, 0.05) is 23.3 Å². The molecule has 0 fully saturated rings. The number of benzene rings is 2. The van der Waals surface area contributed by atoms with Gasteiger partial charge in [-0.05, 0) is 49.1 Å². The predicted octanol–water partition coefficient (Wildman–Crippen LogP) is 4.63. The highest BCUT2D eigenvalue weighted by atomic mass is 16.5. The number of ether oxygens (including phenoxy) is 1. The van der Waals surface area contributed by atoms with Crippen LogP contribution in [-0.4, -0.2) is 11.0 Å². The van der Waals surface area contributed by atoms with Crippen molar-refractivity contribution >= 4 is 16.5 Å². The fourth-order valence-corrected chi connectivity index (χ4v) is 2.41. The van der Waals surface area contributed by atoms with Gasteiger partial charge >= 0.3 is 0 Å². The normalized spacial score (nSPS) is 10.9. The topological polar surface area (TPSA) is 34.1 Å². The molecule has 3 rings (SSSR count). The molecule has 1 aromatic heterocycles. The summed E-state index contributed by atoms with van der Waals surface area (Å²) in [6, 6.07) is 18.8. The Balaban J connectivity index is 1.84. The second-order valence-electron chi connectivity index (χ2n) is 5.63. The average Bonchev–Trinajstić information content (AvgIpc) is 2.53. The van der Waals surface area contributed by atoms with E-state index in [1.165, 1.54) is 0 Å². The summed E-state index contributed by atoms with van der Waals surface area (Å²) in [5.41, 5.74) is 2.25. The van der Waals surface area contributed by atoms with Crippen LogP contribution < -0.4 is 10.1 Å². The number of aromatic nitrogens is 1. The number of hydrogen-bond acceptors (Lipinski definition) is 3. The van der Waals surface area contributed by atoms with Gasteiger partial charge < -0.3 is 10.1 Å². The fourth-order valence-electron chi connectivity index (χ4n) is 2.41. The van der Waals surface area contributed by atoms with Gasteiger partial charge in [0.05, 0.1) is 0 Å². The molecular weight excluding hydrogens is 272 g/mol. The number of anilines is 1. The summed E-state index contributed by atoms with van der Waals surface area (Å²) in [5, 5.41) is 5.58. The zero-order valence-electron chi connectivity index (χ0n) is 12.9. The van der Waals surface area contributed by atoms with Crippen molar-refractivity contribution in [2.45, 2.75) is 26.5 Å². The molecule has 0 atom stereocenters. The molecule has 3 aromatic rings. The van der Waals surface area contributed by atoms with Crippen molar-refractivity contribution in [2.24, 2.45) is 0 Å². The molecule has 0 radical (unpaired) electrons. The fraction of sp³-hybridized carbons (Fsp3) is 0.211. The van der Waals surface area contributed by atoms with Crippen molar-refractivity contribution in [3.63, 3.8) is 0 Å². The lowest BCUT2D eigenvalue weighted by molar-refractivity contribution is 0.298.